The van der Waals surface area contributed by atoms with Gasteiger partial charge in [-0.25, -0.2) is 17.8 Å². The lowest BCUT2D eigenvalue weighted by Crippen LogP contribution is -2.06. The first-order chi connectivity index (χ1) is 9.36. The Hall–Kier alpha value is -1.42. The van der Waals surface area contributed by atoms with Crippen LogP contribution in [0.1, 0.15) is 18.2 Å². The molecular formula is C10H11F3N2O3S2. The maximum atomic E-state index is 12.6. The van der Waals surface area contributed by atoms with E-state index in [-0.39, 0.29) is 4.34 Å². The third kappa shape index (κ3) is 4.93. The summed E-state index contributed by atoms with van der Waals surface area (Å²) in [6.45, 7) is 2.09. The minimum absolute atomic E-state index is 0.275. The lowest BCUT2D eigenvalue weighted by Gasteiger charge is -1.98. The third-order valence-corrected chi connectivity index (χ3v) is 5.06. The first kappa shape index (κ1) is 16.6. The summed E-state index contributed by atoms with van der Waals surface area (Å²) in [4.78, 5) is 8.77. The van der Waals surface area contributed by atoms with Gasteiger partial charge in [0.05, 0.1) is 16.8 Å². The molecule has 0 amide bonds. The van der Waals surface area contributed by atoms with E-state index in [1.807, 2.05) is 0 Å². The van der Waals surface area contributed by atoms with Gasteiger partial charge in [0.15, 0.2) is 5.83 Å². The summed E-state index contributed by atoms with van der Waals surface area (Å²) < 4.78 is 59.5. The maximum absolute atomic E-state index is 12.6. The van der Waals surface area contributed by atoms with Crippen molar-refractivity contribution in [3.05, 3.63) is 23.0 Å². The van der Waals surface area contributed by atoms with Crippen molar-refractivity contribution in [1.82, 2.24) is 4.98 Å². The Balaban J connectivity index is 2.76. The Morgan fingerprint density at radius 2 is 2.20 bits per heavy atom. The van der Waals surface area contributed by atoms with Gasteiger partial charge in [-0.1, -0.05) is 5.16 Å². The molecule has 0 bridgehead atoms. The molecule has 0 N–H and O–H groups in total. The monoisotopic (exact) mass is 328 g/mol. The Morgan fingerprint density at radius 3 is 2.80 bits per heavy atom. The van der Waals surface area contributed by atoms with E-state index in [9.17, 15) is 21.6 Å². The van der Waals surface area contributed by atoms with Crippen LogP contribution in [0, 0.1) is 0 Å². The first-order valence-corrected chi connectivity index (χ1v) is 7.87. The molecule has 1 aromatic rings. The van der Waals surface area contributed by atoms with Crippen molar-refractivity contribution in [2.75, 3.05) is 12.4 Å². The van der Waals surface area contributed by atoms with Crippen molar-refractivity contribution >= 4 is 27.4 Å². The predicted octanol–water partition coefficient (Wildman–Crippen LogP) is 2.75. The molecule has 1 rings (SSSR count). The highest BCUT2D eigenvalue weighted by Crippen LogP contribution is 2.21. The second-order valence-electron chi connectivity index (χ2n) is 3.42. The van der Waals surface area contributed by atoms with Gasteiger partial charge in [0.1, 0.15) is 6.61 Å². The van der Waals surface area contributed by atoms with Crippen LogP contribution in [-0.4, -0.2) is 32.0 Å². The summed E-state index contributed by atoms with van der Waals surface area (Å²) >= 11 is 0.796. The van der Waals surface area contributed by atoms with E-state index < -0.39 is 33.9 Å². The highest BCUT2D eigenvalue weighted by Gasteiger charge is 2.20. The molecule has 0 aliphatic carbocycles. The number of hydrogen-bond donors (Lipinski definition) is 0. The average Bonchev–Trinajstić information content (AvgIpc) is 2.86. The van der Waals surface area contributed by atoms with E-state index in [2.05, 4.69) is 10.1 Å². The highest BCUT2D eigenvalue weighted by atomic mass is 32.2. The van der Waals surface area contributed by atoms with Crippen molar-refractivity contribution < 1.29 is 26.4 Å². The second-order valence-corrected chi connectivity index (χ2v) is 6.76. The number of rotatable bonds is 7. The fourth-order valence-electron chi connectivity index (χ4n) is 1.04. The fraction of sp³-hybridized carbons (Fsp3) is 0.400. The predicted molar refractivity (Wildman–Crippen MR) is 68.4 cm³/mol. The molecule has 0 spiro atoms. The van der Waals surface area contributed by atoms with E-state index in [0.29, 0.717) is 11.5 Å². The summed E-state index contributed by atoms with van der Waals surface area (Å²) in [7, 11) is -3.90. The van der Waals surface area contributed by atoms with Crippen LogP contribution in [0.2, 0.25) is 0 Å². The zero-order valence-corrected chi connectivity index (χ0v) is 12.0. The minimum atomic E-state index is -3.90. The molecule has 10 heteroatoms. The molecule has 0 aliphatic heterocycles. The number of nitrogens with zero attached hydrogens (tertiary/aromatic N) is 2. The van der Waals surface area contributed by atoms with Crippen LogP contribution >= 0.6 is 11.3 Å². The van der Waals surface area contributed by atoms with Gasteiger partial charge in [0.25, 0.3) is 0 Å². The summed E-state index contributed by atoms with van der Waals surface area (Å²) in [5.74, 6) is -2.51. The SMILES string of the molecule is CCO/N=C\c1cnc(S(=O)(=O)CCC(F)=C(F)F)s1. The smallest absolute Gasteiger partial charge is 0.301 e. The van der Waals surface area contributed by atoms with Crippen LogP contribution in [0.5, 0.6) is 0 Å². The molecule has 1 heterocycles. The number of oxime groups is 1. The number of hydrogen-bond acceptors (Lipinski definition) is 6. The summed E-state index contributed by atoms with van der Waals surface area (Å²) in [5, 5.41) is 3.54. The Bertz CT molecular complexity index is 607. The molecule has 0 saturated carbocycles. The molecule has 0 atom stereocenters. The number of allylic oxidation sites excluding steroid dienone is 1. The van der Waals surface area contributed by atoms with Gasteiger partial charge in [-0.3, -0.25) is 0 Å². The van der Waals surface area contributed by atoms with Crippen LogP contribution in [0.15, 0.2) is 27.6 Å². The van der Waals surface area contributed by atoms with E-state index in [4.69, 9.17) is 4.84 Å². The van der Waals surface area contributed by atoms with Crippen molar-refractivity contribution in [2.45, 2.75) is 17.7 Å². The zero-order valence-electron chi connectivity index (χ0n) is 10.3. The number of sulfone groups is 1. The molecule has 112 valence electrons. The zero-order chi connectivity index (χ0) is 15.2. The lowest BCUT2D eigenvalue weighted by molar-refractivity contribution is 0.160. The molecule has 1 aromatic heterocycles. The molecule has 0 fully saturated rings. The van der Waals surface area contributed by atoms with E-state index in [1.165, 1.54) is 12.4 Å². The maximum Gasteiger partial charge on any atom is 0.301 e. The third-order valence-electron chi connectivity index (χ3n) is 1.95. The van der Waals surface area contributed by atoms with E-state index in [1.54, 1.807) is 6.92 Å². The number of halogens is 3. The lowest BCUT2D eigenvalue weighted by atomic mass is 10.4. The van der Waals surface area contributed by atoms with Gasteiger partial charge in [0.2, 0.25) is 14.2 Å². The average molecular weight is 328 g/mol. The van der Waals surface area contributed by atoms with Crippen LogP contribution in [0.3, 0.4) is 0 Å². The number of aromatic nitrogens is 1. The minimum Gasteiger partial charge on any atom is -0.396 e. The van der Waals surface area contributed by atoms with Gasteiger partial charge < -0.3 is 4.84 Å². The van der Waals surface area contributed by atoms with Crippen LogP contribution in [0.25, 0.3) is 0 Å². The topological polar surface area (TPSA) is 68.6 Å². The van der Waals surface area contributed by atoms with Gasteiger partial charge in [-0.2, -0.15) is 8.78 Å². The highest BCUT2D eigenvalue weighted by molar-refractivity contribution is 7.93. The van der Waals surface area contributed by atoms with Crippen LogP contribution in [-0.2, 0) is 14.7 Å². The molecule has 0 aromatic carbocycles. The van der Waals surface area contributed by atoms with Gasteiger partial charge >= 0.3 is 6.08 Å². The Labute approximate surface area is 117 Å². The molecule has 0 aliphatic rings. The van der Waals surface area contributed by atoms with Gasteiger partial charge in [0, 0.05) is 12.6 Å². The van der Waals surface area contributed by atoms with Crippen LogP contribution in [0.4, 0.5) is 13.2 Å². The molecular weight excluding hydrogens is 317 g/mol. The standard InChI is InChI=1S/C10H11F3N2O3S2/c1-2-18-15-6-7-5-14-10(19-7)20(16,17)4-3-8(11)9(12)13/h5-6H,2-4H2,1H3/b15-6-. The molecule has 0 radical (unpaired) electrons. The normalized spacial score (nSPS) is 11.8. The van der Waals surface area contributed by atoms with Crippen molar-refractivity contribution in [3.8, 4) is 0 Å². The molecule has 0 unspecified atom stereocenters. The summed E-state index contributed by atoms with van der Waals surface area (Å²) in [6.07, 6.45) is -0.861. The van der Waals surface area contributed by atoms with Gasteiger partial charge in [-0.15, -0.1) is 11.3 Å². The molecule has 0 saturated heterocycles. The largest absolute Gasteiger partial charge is 0.396 e. The van der Waals surface area contributed by atoms with Crippen molar-refractivity contribution in [3.63, 3.8) is 0 Å². The van der Waals surface area contributed by atoms with E-state index >= 15 is 0 Å². The quantitative estimate of drug-likeness (QED) is 0.570. The first-order valence-electron chi connectivity index (χ1n) is 5.40. The second kappa shape index (κ2) is 7.39. The van der Waals surface area contributed by atoms with Crippen molar-refractivity contribution in [1.29, 1.82) is 0 Å². The summed E-state index contributed by atoms with van der Waals surface area (Å²) in [5.41, 5.74) is 0. The summed E-state index contributed by atoms with van der Waals surface area (Å²) in [6, 6.07) is 0. The number of thiazole rings is 1. The molecule has 5 nitrogen and oxygen atoms in total. The Morgan fingerprint density at radius 1 is 1.50 bits per heavy atom. The van der Waals surface area contributed by atoms with Crippen LogP contribution < -0.4 is 0 Å². The Kier molecular flexibility index (Phi) is 6.14. The fourth-order valence-corrected chi connectivity index (χ4v) is 3.43. The van der Waals surface area contributed by atoms with E-state index in [0.717, 1.165) is 11.3 Å². The van der Waals surface area contributed by atoms with Crippen molar-refractivity contribution in [2.24, 2.45) is 5.16 Å². The molecule has 20 heavy (non-hydrogen) atoms. The van der Waals surface area contributed by atoms with Gasteiger partial charge in [-0.05, 0) is 6.92 Å².